The van der Waals surface area contributed by atoms with Crippen LogP contribution in [-0.2, 0) is 11.2 Å². The van der Waals surface area contributed by atoms with Crippen LogP contribution in [0.1, 0.15) is 18.1 Å². The summed E-state index contributed by atoms with van der Waals surface area (Å²) in [6.07, 6.45) is 0.919. The van der Waals surface area contributed by atoms with E-state index in [1.54, 1.807) is 25.3 Å². The highest BCUT2D eigenvalue weighted by atomic mass is 32.2. The zero-order chi connectivity index (χ0) is 20.8. The number of thioether (sulfide) groups is 1. The molecule has 0 aliphatic rings. The zero-order valence-corrected chi connectivity index (χ0v) is 17.3. The van der Waals surface area contributed by atoms with Crippen LogP contribution >= 0.6 is 11.8 Å². The molecular formula is C22H21N3O3S. The monoisotopic (exact) mass is 407 g/mol. The first-order valence-electron chi connectivity index (χ1n) is 9.06. The van der Waals surface area contributed by atoms with Gasteiger partial charge in [0.1, 0.15) is 22.6 Å². The third-order valence-electron chi connectivity index (χ3n) is 4.39. The van der Waals surface area contributed by atoms with Crippen LogP contribution in [0.2, 0.25) is 0 Å². The van der Waals surface area contributed by atoms with Crippen molar-refractivity contribution >= 4 is 34.3 Å². The Morgan fingerprint density at radius 1 is 1.17 bits per heavy atom. The molecular weight excluding hydrogens is 386 g/mol. The molecule has 1 N–H and O–H groups in total. The number of ether oxygens (including phenoxy) is 2. The van der Waals surface area contributed by atoms with Gasteiger partial charge in [0, 0.05) is 11.5 Å². The molecule has 3 aromatic rings. The van der Waals surface area contributed by atoms with Crippen molar-refractivity contribution in [2.75, 3.05) is 25.3 Å². The van der Waals surface area contributed by atoms with Crippen LogP contribution in [0.3, 0.4) is 0 Å². The van der Waals surface area contributed by atoms with Crippen LogP contribution < -0.4 is 14.8 Å². The van der Waals surface area contributed by atoms with Gasteiger partial charge in [-0.3, -0.25) is 4.79 Å². The minimum absolute atomic E-state index is 0.112. The lowest BCUT2D eigenvalue weighted by atomic mass is 10.1. The third-order valence-corrected chi connectivity index (χ3v) is 5.38. The second-order valence-corrected chi connectivity index (χ2v) is 7.20. The van der Waals surface area contributed by atoms with Crippen LogP contribution in [0.25, 0.3) is 10.9 Å². The molecule has 2 aromatic carbocycles. The van der Waals surface area contributed by atoms with Gasteiger partial charge in [0.05, 0.1) is 36.7 Å². The Kier molecular flexibility index (Phi) is 6.57. The molecule has 0 atom stereocenters. The maximum atomic E-state index is 12.5. The van der Waals surface area contributed by atoms with Crippen LogP contribution in [0.15, 0.2) is 47.5 Å². The molecule has 1 amide bonds. The number of anilines is 1. The number of aryl methyl sites for hydroxylation is 1. The fraction of sp³-hybridized carbons (Fsp3) is 0.227. The topological polar surface area (TPSA) is 84.2 Å². The fourth-order valence-electron chi connectivity index (χ4n) is 2.85. The van der Waals surface area contributed by atoms with Gasteiger partial charge >= 0.3 is 0 Å². The van der Waals surface area contributed by atoms with E-state index in [4.69, 9.17) is 9.47 Å². The molecule has 0 bridgehead atoms. The molecule has 0 saturated heterocycles. The minimum atomic E-state index is -0.228. The first-order chi connectivity index (χ1) is 14.1. The lowest BCUT2D eigenvalue weighted by Crippen LogP contribution is -2.15. The lowest BCUT2D eigenvalue weighted by molar-refractivity contribution is -0.113. The van der Waals surface area contributed by atoms with E-state index < -0.39 is 0 Å². The molecule has 7 heteroatoms. The van der Waals surface area contributed by atoms with Crippen molar-refractivity contribution in [1.29, 1.82) is 5.26 Å². The normalized spacial score (nSPS) is 10.4. The largest absolute Gasteiger partial charge is 0.497 e. The van der Waals surface area contributed by atoms with Gasteiger partial charge in [-0.1, -0.05) is 24.8 Å². The number of nitriles is 1. The number of amides is 1. The summed E-state index contributed by atoms with van der Waals surface area (Å²) in [6, 6.07) is 15.2. The lowest BCUT2D eigenvalue weighted by Gasteiger charge is -2.12. The molecule has 0 radical (unpaired) electrons. The number of carbonyl (C=O) groups is 1. The molecule has 0 aliphatic heterocycles. The number of aromatic nitrogens is 1. The molecule has 3 rings (SSSR count). The van der Waals surface area contributed by atoms with E-state index in [2.05, 4.69) is 23.3 Å². The third kappa shape index (κ3) is 4.79. The van der Waals surface area contributed by atoms with Gasteiger partial charge in [-0.05, 0) is 42.3 Å². The van der Waals surface area contributed by atoms with Crippen molar-refractivity contribution in [3.8, 4) is 17.6 Å². The number of hydrogen-bond acceptors (Lipinski definition) is 6. The van der Waals surface area contributed by atoms with E-state index in [9.17, 15) is 10.1 Å². The maximum absolute atomic E-state index is 12.5. The number of hydrogen-bond donors (Lipinski definition) is 1. The summed E-state index contributed by atoms with van der Waals surface area (Å²) in [6.45, 7) is 2.08. The second-order valence-electron chi connectivity index (χ2n) is 6.24. The second kappa shape index (κ2) is 9.30. The van der Waals surface area contributed by atoms with E-state index in [1.165, 1.54) is 24.4 Å². The van der Waals surface area contributed by atoms with E-state index in [0.29, 0.717) is 27.8 Å². The van der Waals surface area contributed by atoms with Crippen molar-refractivity contribution < 1.29 is 14.3 Å². The van der Waals surface area contributed by atoms with Crippen molar-refractivity contribution in [1.82, 2.24) is 4.98 Å². The van der Waals surface area contributed by atoms with Gasteiger partial charge < -0.3 is 14.8 Å². The number of benzene rings is 2. The predicted octanol–water partition coefficient (Wildman–Crippen LogP) is 4.42. The van der Waals surface area contributed by atoms with Crippen molar-refractivity contribution in [2.24, 2.45) is 0 Å². The molecule has 29 heavy (non-hydrogen) atoms. The first kappa shape index (κ1) is 20.5. The standard InChI is InChI=1S/C22H21N3O3S/c1-4-14-5-7-18-15(9-14)10-16(12-23)22(25-18)29-13-21(26)24-19-11-17(27-2)6-8-20(19)28-3/h5-11H,4,13H2,1-3H3,(H,24,26). The van der Waals surface area contributed by atoms with Crippen molar-refractivity contribution in [3.63, 3.8) is 0 Å². The van der Waals surface area contributed by atoms with Crippen molar-refractivity contribution in [2.45, 2.75) is 18.4 Å². The summed E-state index contributed by atoms with van der Waals surface area (Å²) >= 11 is 1.23. The van der Waals surface area contributed by atoms with E-state index >= 15 is 0 Å². The number of nitrogens with zero attached hydrogens (tertiary/aromatic N) is 2. The van der Waals surface area contributed by atoms with E-state index in [0.717, 1.165) is 17.3 Å². The smallest absolute Gasteiger partial charge is 0.234 e. The molecule has 0 spiro atoms. The Morgan fingerprint density at radius 2 is 2.00 bits per heavy atom. The van der Waals surface area contributed by atoms with Crippen LogP contribution in [-0.4, -0.2) is 30.9 Å². The van der Waals surface area contributed by atoms with Gasteiger partial charge in [-0.2, -0.15) is 5.26 Å². The van der Waals surface area contributed by atoms with Crippen LogP contribution in [0.4, 0.5) is 5.69 Å². The van der Waals surface area contributed by atoms with Crippen LogP contribution in [0.5, 0.6) is 11.5 Å². The summed E-state index contributed by atoms with van der Waals surface area (Å²) in [4.78, 5) is 17.0. The van der Waals surface area contributed by atoms with Gasteiger partial charge in [0.15, 0.2) is 0 Å². The highest BCUT2D eigenvalue weighted by molar-refractivity contribution is 8.00. The molecule has 1 aromatic heterocycles. The number of fused-ring (bicyclic) bond motifs is 1. The Labute approximate surface area is 173 Å². The number of carbonyl (C=O) groups excluding carboxylic acids is 1. The Balaban J connectivity index is 1.76. The first-order valence-corrected chi connectivity index (χ1v) is 10.0. The fourth-order valence-corrected chi connectivity index (χ4v) is 3.61. The van der Waals surface area contributed by atoms with Gasteiger partial charge in [0.2, 0.25) is 5.91 Å². The highest BCUT2D eigenvalue weighted by Gasteiger charge is 2.13. The molecule has 148 valence electrons. The van der Waals surface area contributed by atoms with Gasteiger partial charge in [-0.25, -0.2) is 4.98 Å². The van der Waals surface area contributed by atoms with E-state index in [-0.39, 0.29) is 11.7 Å². The van der Waals surface area contributed by atoms with Gasteiger partial charge in [-0.15, -0.1) is 0 Å². The number of pyridine rings is 1. The Morgan fingerprint density at radius 3 is 2.69 bits per heavy atom. The molecule has 6 nitrogen and oxygen atoms in total. The molecule has 1 heterocycles. The van der Waals surface area contributed by atoms with E-state index in [1.807, 2.05) is 24.3 Å². The summed E-state index contributed by atoms with van der Waals surface area (Å²) in [5.41, 5.74) is 2.98. The minimum Gasteiger partial charge on any atom is -0.497 e. The number of methoxy groups -OCH3 is 2. The zero-order valence-electron chi connectivity index (χ0n) is 16.5. The summed E-state index contributed by atoms with van der Waals surface area (Å²) in [5.74, 6) is 1.04. The summed E-state index contributed by atoms with van der Waals surface area (Å²) in [5, 5.41) is 13.8. The summed E-state index contributed by atoms with van der Waals surface area (Å²) < 4.78 is 10.5. The average Bonchev–Trinajstić information content (AvgIpc) is 2.76. The van der Waals surface area contributed by atoms with Crippen LogP contribution in [0, 0.1) is 11.3 Å². The molecule has 0 aliphatic carbocycles. The number of nitrogens with one attached hydrogen (secondary N) is 1. The molecule has 0 saturated carbocycles. The molecule has 0 unspecified atom stereocenters. The highest BCUT2D eigenvalue weighted by Crippen LogP contribution is 2.30. The van der Waals surface area contributed by atoms with Crippen molar-refractivity contribution in [3.05, 3.63) is 53.6 Å². The Bertz CT molecular complexity index is 1090. The SMILES string of the molecule is CCc1ccc2nc(SCC(=O)Nc3cc(OC)ccc3OC)c(C#N)cc2c1. The average molecular weight is 407 g/mol. The molecule has 0 fully saturated rings. The number of rotatable bonds is 7. The summed E-state index contributed by atoms with van der Waals surface area (Å²) in [7, 11) is 3.09. The predicted molar refractivity (Wildman–Crippen MR) is 115 cm³/mol. The quantitative estimate of drug-likeness (QED) is 0.584. The maximum Gasteiger partial charge on any atom is 0.234 e. The Hall–Kier alpha value is -3.24. The van der Waals surface area contributed by atoms with Gasteiger partial charge in [0.25, 0.3) is 0 Å².